The third-order valence-electron chi connectivity index (χ3n) is 2.78. The first-order valence-electron chi connectivity index (χ1n) is 4.94. The predicted octanol–water partition coefficient (Wildman–Crippen LogP) is 2.29. The molecule has 0 bridgehead atoms. The Balaban J connectivity index is 2.40. The standard InChI is InChI=1S/C11H14ClNO/c1-2-7-3-9(8-5-13-6-8)11(14)10(12)4-7/h3-4,8,13-14H,2,5-6H2,1H3. The second-order valence-electron chi connectivity index (χ2n) is 3.72. The van der Waals surface area contributed by atoms with Gasteiger partial charge in [-0.15, -0.1) is 0 Å². The molecule has 14 heavy (non-hydrogen) atoms. The molecule has 1 saturated heterocycles. The maximum Gasteiger partial charge on any atom is 0.137 e. The average Bonchev–Trinajstić information content (AvgIpc) is 2.09. The first-order chi connectivity index (χ1) is 6.72. The second-order valence-corrected chi connectivity index (χ2v) is 4.13. The largest absolute Gasteiger partial charge is 0.506 e. The number of halogens is 1. The Kier molecular flexibility index (Phi) is 2.66. The topological polar surface area (TPSA) is 32.3 Å². The van der Waals surface area contributed by atoms with Crippen LogP contribution in [-0.2, 0) is 6.42 Å². The van der Waals surface area contributed by atoms with Gasteiger partial charge in [-0.3, -0.25) is 0 Å². The van der Waals surface area contributed by atoms with Crippen molar-refractivity contribution in [2.75, 3.05) is 13.1 Å². The fraction of sp³-hybridized carbons (Fsp3) is 0.455. The average molecular weight is 212 g/mol. The summed E-state index contributed by atoms with van der Waals surface area (Å²) in [7, 11) is 0. The van der Waals surface area contributed by atoms with E-state index < -0.39 is 0 Å². The summed E-state index contributed by atoms with van der Waals surface area (Å²) in [5.74, 6) is 0.689. The van der Waals surface area contributed by atoms with Crippen molar-refractivity contribution >= 4 is 11.6 Å². The minimum atomic E-state index is 0.260. The van der Waals surface area contributed by atoms with Crippen LogP contribution in [0.4, 0.5) is 0 Å². The van der Waals surface area contributed by atoms with Gasteiger partial charge in [-0.1, -0.05) is 24.6 Å². The molecule has 0 unspecified atom stereocenters. The molecule has 3 heteroatoms. The molecule has 1 aromatic rings. The van der Waals surface area contributed by atoms with Gasteiger partial charge in [0.2, 0.25) is 0 Å². The van der Waals surface area contributed by atoms with Gasteiger partial charge in [0.25, 0.3) is 0 Å². The zero-order valence-corrected chi connectivity index (χ0v) is 8.93. The predicted molar refractivity (Wildman–Crippen MR) is 58.1 cm³/mol. The lowest BCUT2D eigenvalue weighted by Crippen LogP contribution is -2.39. The van der Waals surface area contributed by atoms with Crippen LogP contribution in [0.3, 0.4) is 0 Å². The van der Waals surface area contributed by atoms with Crippen LogP contribution in [0.2, 0.25) is 5.02 Å². The van der Waals surface area contributed by atoms with Gasteiger partial charge in [0.05, 0.1) is 5.02 Å². The molecule has 0 radical (unpaired) electrons. The lowest BCUT2D eigenvalue weighted by molar-refractivity contribution is 0.413. The molecule has 0 aliphatic carbocycles. The molecule has 0 amide bonds. The van der Waals surface area contributed by atoms with Crippen molar-refractivity contribution in [1.82, 2.24) is 5.32 Å². The van der Waals surface area contributed by atoms with Gasteiger partial charge in [-0.2, -0.15) is 0 Å². The molecule has 2 rings (SSSR count). The third kappa shape index (κ3) is 1.60. The van der Waals surface area contributed by atoms with E-state index in [4.69, 9.17) is 11.6 Å². The number of phenols is 1. The summed E-state index contributed by atoms with van der Waals surface area (Å²) < 4.78 is 0. The molecule has 1 heterocycles. The van der Waals surface area contributed by atoms with Crippen LogP contribution in [0.5, 0.6) is 5.75 Å². The number of aryl methyl sites for hydroxylation is 1. The summed E-state index contributed by atoms with van der Waals surface area (Å²) in [4.78, 5) is 0. The minimum absolute atomic E-state index is 0.260. The van der Waals surface area contributed by atoms with Crippen molar-refractivity contribution in [3.05, 3.63) is 28.3 Å². The van der Waals surface area contributed by atoms with E-state index in [1.807, 2.05) is 6.07 Å². The molecular weight excluding hydrogens is 198 g/mol. The van der Waals surface area contributed by atoms with Crippen LogP contribution >= 0.6 is 11.6 Å². The Hall–Kier alpha value is -0.730. The lowest BCUT2D eigenvalue weighted by Gasteiger charge is -2.28. The Morgan fingerprint density at radius 3 is 2.71 bits per heavy atom. The van der Waals surface area contributed by atoms with Crippen molar-refractivity contribution in [2.24, 2.45) is 0 Å². The summed E-state index contributed by atoms with van der Waals surface area (Å²) >= 11 is 5.95. The van der Waals surface area contributed by atoms with Crippen molar-refractivity contribution in [2.45, 2.75) is 19.3 Å². The van der Waals surface area contributed by atoms with Crippen molar-refractivity contribution < 1.29 is 5.11 Å². The Morgan fingerprint density at radius 1 is 1.50 bits per heavy atom. The Bertz CT molecular complexity index is 347. The Labute approximate surface area is 88.9 Å². The first kappa shape index (κ1) is 9.81. The zero-order chi connectivity index (χ0) is 10.1. The van der Waals surface area contributed by atoms with Gasteiger partial charge in [-0.25, -0.2) is 0 Å². The summed E-state index contributed by atoms with van der Waals surface area (Å²) in [6.07, 6.45) is 0.952. The van der Waals surface area contributed by atoms with E-state index in [0.717, 1.165) is 25.1 Å². The van der Waals surface area contributed by atoms with E-state index in [9.17, 15) is 5.11 Å². The molecule has 1 aliphatic rings. The normalized spacial score (nSPS) is 16.7. The summed E-state index contributed by atoms with van der Waals surface area (Å²) in [6, 6.07) is 3.90. The van der Waals surface area contributed by atoms with Crippen molar-refractivity contribution in [3.8, 4) is 5.75 Å². The molecule has 0 saturated carbocycles. The van der Waals surface area contributed by atoms with Gasteiger partial charge in [0.15, 0.2) is 0 Å². The van der Waals surface area contributed by atoms with E-state index >= 15 is 0 Å². The van der Waals surface area contributed by atoms with Crippen molar-refractivity contribution in [3.63, 3.8) is 0 Å². The fourth-order valence-corrected chi connectivity index (χ4v) is 1.95. The van der Waals surface area contributed by atoms with Gasteiger partial charge < -0.3 is 10.4 Å². The van der Waals surface area contributed by atoms with E-state index in [1.165, 1.54) is 5.56 Å². The molecule has 0 atom stereocenters. The molecule has 2 N–H and O–H groups in total. The van der Waals surface area contributed by atoms with Gasteiger partial charge in [-0.05, 0) is 18.1 Å². The zero-order valence-electron chi connectivity index (χ0n) is 8.18. The lowest BCUT2D eigenvalue weighted by atomic mass is 9.91. The highest BCUT2D eigenvalue weighted by Crippen LogP contribution is 2.35. The molecule has 2 nitrogen and oxygen atoms in total. The summed E-state index contributed by atoms with van der Waals surface area (Å²) in [6.45, 7) is 3.97. The van der Waals surface area contributed by atoms with Crippen LogP contribution in [0, 0.1) is 0 Å². The molecular formula is C11H14ClNO. The van der Waals surface area contributed by atoms with E-state index in [1.54, 1.807) is 0 Å². The second kappa shape index (κ2) is 3.79. The molecule has 1 aromatic carbocycles. The molecule has 1 fully saturated rings. The van der Waals surface area contributed by atoms with E-state index in [2.05, 4.69) is 18.3 Å². The van der Waals surface area contributed by atoms with Crippen LogP contribution < -0.4 is 5.32 Å². The van der Waals surface area contributed by atoms with Crippen LogP contribution in [0.15, 0.2) is 12.1 Å². The summed E-state index contributed by atoms with van der Waals surface area (Å²) in [5.41, 5.74) is 2.18. The first-order valence-corrected chi connectivity index (χ1v) is 5.32. The van der Waals surface area contributed by atoms with Crippen molar-refractivity contribution in [1.29, 1.82) is 0 Å². The quantitative estimate of drug-likeness (QED) is 0.787. The smallest absolute Gasteiger partial charge is 0.137 e. The fourth-order valence-electron chi connectivity index (χ4n) is 1.70. The number of rotatable bonds is 2. The Morgan fingerprint density at radius 2 is 2.21 bits per heavy atom. The number of hydrogen-bond donors (Lipinski definition) is 2. The number of aromatic hydroxyl groups is 1. The van der Waals surface area contributed by atoms with E-state index in [-0.39, 0.29) is 5.75 Å². The molecule has 0 aromatic heterocycles. The summed E-state index contributed by atoms with van der Waals surface area (Å²) in [5, 5.41) is 13.5. The maximum atomic E-state index is 9.79. The highest BCUT2D eigenvalue weighted by atomic mass is 35.5. The molecule has 1 aliphatic heterocycles. The third-order valence-corrected chi connectivity index (χ3v) is 3.07. The number of hydrogen-bond acceptors (Lipinski definition) is 2. The van der Waals surface area contributed by atoms with E-state index in [0.29, 0.717) is 10.9 Å². The van der Waals surface area contributed by atoms with Crippen LogP contribution in [0.25, 0.3) is 0 Å². The maximum absolute atomic E-state index is 9.79. The number of phenolic OH excluding ortho intramolecular Hbond substituents is 1. The highest BCUT2D eigenvalue weighted by molar-refractivity contribution is 6.32. The monoisotopic (exact) mass is 211 g/mol. The molecule has 76 valence electrons. The van der Waals surface area contributed by atoms with Gasteiger partial charge in [0, 0.05) is 24.6 Å². The van der Waals surface area contributed by atoms with Gasteiger partial charge >= 0.3 is 0 Å². The minimum Gasteiger partial charge on any atom is -0.506 e. The highest BCUT2D eigenvalue weighted by Gasteiger charge is 2.23. The van der Waals surface area contributed by atoms with Gasteiger partial charge in [0.1, 0.15) is 5.75 Å². The van der Waals surface area contributed by atoms with Crippen LogP contribution in [-0.4, -0.2) is 18.2 Å². The molecule has 0 spiro atoms. The SMILES string of the molecule is CCc1cc(Cl)c(O)c(C2CNC2)c1. The number of benzene rings is 1. The van der Waals surface area contributed by atoms with Crippen LogP contribution in [0.1, 0.15) is 24.0 Å². The number of nitrogens with one attached hydrogen (secondary N) is 1.